The Bertz CT molecular complexity index is 525. The maximum Gasteiger partial charge on any atom is 0.328 e. The maximum absolute atomic E-state index is 12.1. The molecule has 1 aromatic carbocycles. The van der Waals surface area contributed by atoms with Crippen molar-refractivity contribution in [3.63, 3.8) is 0 Å². The van der Waals surface area contributed by atoms with Crippen molar-refractivity contribution in [3.05, 3.63) is 29.3 Å². The minimum atomic E-state index is -1.03. The van der Waals surface area contributed by atoms with Gasteiger partial charge in [-0.25, -0.2) is 4.79 Å². The molecule has 0 saturated carbocycles. The van der Waals surface area contributed by atoms with Gasteiger partial charge in [0.1, 0.15) is 0 Å². The number of amides is 1. The van der Waals surface area contributed by atoms with Crippen LogP contribution in [0.25, 0.3) is 0 Å². The molecule has 5 nitrogen and oxygen atoms in total. The summed E-state index contributed by atoms with van der Waals surface area (Å²) < 4.78 is 5.12. The normalized spacial score (nSPS) is 18.5. The molecule has 1 heterocycles. The first-order valence-corrected chi connectivity index (χ1v) is 7.93. The predicted octanol–water partition coefficient (Wildman–Crippen LogP) is 2.13. The monoisotopic (exact) mass is 329 g/mol. The summed E-state index contributed by atoms with van der Waals surface area (Å²) in [6.45, 7) is 0.762. The minimum absolute atomic E-state index is 0.0543. The van der Waals surface area contributed by atoms with Crippen molar-refractivity contribution in [2.75, 3.05) is 25.5 Å². The lowest BCUT2D eigenvalue weighted by molar-refractivity contribution is -0.158. The molecule has 0 spiro atoms. The molecule has 1 aliphatic heterocycles. The maximum atomic E-state index is 12.1. The number of hydrogen-bond donors (Lipinski definition) is 1. The fourth-order valence-electron chi connectivity index (χ4n) is 2.06. The van der Waals surface area contributed by atoms with E-state index in [4.69, 9.17) is 21.4 Å². The number of hydrogen-bond acceptors (Lipinski definition) is 4. The van der Waals surface area contributed by atoms with E-state index in [1.807, 2.05) is 18.2 Å². The Balaban J connectivity index is 1.86. The third-order valence-electron chi connectivity index (χ3n) is 3.14. The van der Waals surface area contributed by atoms with Crippen LogP contribution in [0.5, 0.6) is 0 Å². The summed E-state index contributed by atoms with van der Waals surface area (Å²) in [7, 11) is 0. The lowest BCUT2D eigenvalue weighted by atomic mass is 10.2. The van der Waals surface area contributed by atoms with E-state index in [1.54, 1.807) is 6.07 Å². The zero-order valence-corrected chi connectivity index (χ0v) is 12.9. The average Bonchev–Trinajstić information content (AvgIpc) is 2.49. The van der Waals surface area contributed by atoms with Crippen LogP contribution in [-0.2, 0) is 14.3 Å². The topological polar surface area (TPSA) is 66.8 Å². The highest BCUT2D eigenvalue weighted by atomic mass is 35.5. The fourth-order valence-corrected chi connectivity index (χ4v) is 3.24. The predicted molar refractivity (Wildman–Crippen MR) is 80.7 cm³/mol. The molecule has 21 heavy (non-hydrogen) atoms. The van der Waals surface area contributed by atoms with Gasteiger partial charge in [-0.2, -0.15) is 0 Å². The van der Waals surface area contributed by atoms with Crippen molar-refractivity contribution >= 4 is 35.2 Å². The summed E-state index contributed by atoms with van der Waals surface area (Å²) in [6, 6.07) is 6.55. The van der Waals surface area contributed by atoms with Gasteiger partial charge in [-0.05, 0) is 12.1 Å². The third kappa shape index (κ3) is 4.36. The van der Waals surface area contributed by atoms with Crippen LogP contribution in [0, 0.1) is 0 Å². The molecule has 0 radical (unpaired) electrons. The van der Waals surface area contributed by atoms with Gasteiger partial charge in [-0.3, -0.25) is 4.79 Å². The van der Waals surface area contributed by atoms with Gasteiger partial charge < -0.3 is 14.7 Å². The molecule has 1 fully saturated rings. The number of morpholine rings is 1. The Morgan fingerprint density at radius 3 is 2.90 bits per heavy atom. The summed E-state index contributed by atoms with van der Waals surface area (Å²) in [5.41, 5.74) is 0. The molecule has 1 aromatic rings. The van der Waals surface area contributed by atoms with Crippen LogP contribution >= 0.6 is 23.4 Å². The summed E-state index contributed by atoms with van der Waals surface area (Å²) >= 11 is 7.53. The summed E-state index contributed by atoms with van der Waals surface area (Å²) in [6.07, 6.45) is 0.277. The number of halogens is 1. The molecule has 0 aliphatic carbocycles. The second-order valence-corrected chi connectivity index (χ2v) is 6.09. The van der Waals surface area contributed by atoms with E-state index in [9.17, 15) is 9.59 Å². The third-order valence-corrected chi connectivity index (χ3v) is 4.66. The largest absolute Gasteiger partial charge is 0.480 e. The second kappa shape index (κ2) is 7.68. The number of rotatable bonds is 5. The van der Waals surface area contributed by atoms with Gasteiger partial charge in [0.05, 0.1) is 18.2 Å². The van der Waals surface area contributed by atoms with Gasteiger partial charge in [0.15, 0.2) is 6.04 Å². The lowest BCUT2D eigenvalue weighted by Gasteiger charge is -2.32. The average molecular weight is 330 g/mol. The van der Waals surface area contributed by atoms with E-state index in [-0.39, 0.29) is 18.9 Å². The summed E-state index contributed by atoms with van der Waals surface area (Å²) in [4.78, 5) is 25.6. The fraction of sp³-hybridized carbons (Fsp3) is 0.429. The van der Waals surface area contributed by atoms with Crippen molar-refractivity contribution in [3.8, 4) is 0 Å². The van der Waals surface area contributed by atoms with E-state index < -0.39 is 12.0 Å². The van der Waals surface area contributed by atoms with E-state index >= 15 is 0 Å². The second-order valence-electron chi connectivity index (χ2n) is 4.54. The number of carbonyl (C=O) groups is 2. The first-order chi connectivity index (χ1) is 10.1. The number of aliphatic carboxylic acids is 1. The Morgan fingerprint density at radius 1 is 1.43 bits per heavy atom. The molecule has 1 saturated heterocycles. The SMILES string of the molecule is O=C(O)C1COCCN1C(=O)CCSc1ccccc1Cl. The van der Waals surface area contributed by atoms with E-state index in [1.165, 1.54) is 16.7 Å². The number of benzene rings is 1. The van der Waals surface area contributed by atoms with Gasteiger partial charge in [-0.15, -0.1) is 11.8 Å². The molecule has 0 bridgehead atoms. The van der Waals surface area contributed by atoms with Gasteiger partial charge in [0.2, 0.25) is 5.91 Å². The first kappa shape index (κ1) is 16.1. The molecule has 7 heteroatoms. The van der Waals surface area contributed by atoms with Crippen molar-refractivity contribution in [2.24, 2.45) is 0 Å². The smallest absolute Gasteiger partial charge is 0.328 e. The Kier molecular flexibility index (Phi) is 5.90. The van der Waals surface area contributed by atoms with Crippen LogP contribution in [0.3, 0.4) is 0 Å². The van der Waals surface area contributed by atoms with E-state index in [0.29, 0.717) is 23.9 Å². The molecule has 1 atom stereocenters. The van der Waals surface area contributed by atoms with Gasteiger partial charge in [-0.1, -0.05) is 23.7 Å². The van der Waals surface area contributed by atoms with Gasteiger partial charge in [0, 0.05) is 23.6 Å². The summed E-state index contributed by atoms with van der Waals surface area (Å²) in [5.74, 6) is -0.626. The molecule has 1 N–H and O–H groups in total. The molecular weight excluding hydrogens is 314 g/mol. The zero-order chi connectivity index (χ0) is 15.2. The Hall–Kier alpha value is -1.24. The number of nitrogens with zero attached hydrogens (tertiary/aromatic N) is 1. The van der Waals surface area contributed by atoms with Crippen LogP contribution in [0.2, 0.25) is 5.02 Å². The van der Waals surface area contributed by atoms with E-state index in [2.05, 4.69) is 0 Å². The minimum Gasteiger partial charge on any atom is -0.480 e. The van der Waals surface area contributed by atoms with Gasteiger partial charge >= 0.3 is 5.97 Å². The molecule has 1 amide bonds. The van der Waals surface area contributed by atoms with Crippen molar-refractivity contribution in [1.29, 1.82) is 0 Å². The number of carboxylic acid groups (broad SMARTS) is 1. The standard InChI is InChI=1S/C14H16ClNO4S/c15-10-3-1-2-4-12(10)21-8-5-13(17)16-6-7-20-9-11(16)14(18)19/h1-4,11H,5-9H2,(H,18,19). The van der Waals surface area contributed by atoms with E-state index in [0.717, 1.165) is 4.90 Å². The number of carboxylic acids is 1. The van der Waals surface area contributed by atoms with Crippen LogP contribution in [0.4, 0.5) is 0 Å². The number of thioether (sulfide) groups is 1. The quantitative estimate of drug-likeness (QED) is 0.838. The van der Waals surface area contributed by atoms with Crippen LogP contribution in [-0.4, -0.2) is 53.4 Å². The molecule has 1 unspecified atom stereocenters. The molecule has 2 rings (SSSR count). The Labute approximate surface area is 132 Å². The number of carbonyl (C=O) groups excluding carboxylic acids is 1. The highest BCUT2D eigenvalue weighted by molar-refractivity contribution is 7.99. The van der Waals surface area contributed by atoms with Crippen LogP contribution in [0.15, 0.2) is 29.2 Å². The molecule has 114 valence electrons. The first-order valence-electron chi connectivity index (χ1n) is 6.57. The van der Waals surface area contributed by atoms with Gasteiger partial charge in [0.25, 0.3) is 0 Å². The van der Waals surface area contributed by atoms with Crippen molar-refractivity contribution in [2.45, 2.75) is 17.4 Å². The Morgan fingerprint density at radius 2 is 2.19 bits per heavy atom. The highest BCUT2D eigenvalue weighted by Crippen LogP contribution is 2.27. The molecular formula is C14H16ClNO4S. The highest BCUT2D eigenvalue weighted by Gasteiger charge is 2.32. The van der Waals surface area contributed by atoms with Crippen molar-refractivity contribution < 1.29 is 19.4 Å². The van der Waals surface area contributed by atoms with Crippen LogP contribution in [0.1, 0.15) is 6.42 Å². The molecule has 1 aliphatic rings. The zero-order valence-electron chi connectivity index (χ0n) is 11.3. The summed E-state index contributed by atoms with van der Waals surface area (Å²) in [5, 5.41) is 9.76. The number of ether oxygens (including phenoxy) is 1. The van der Waals surface area contributed by atoms with Crippen LogP contribution < -0.4 is 0 Å². The lowest BCUT2D eigenvalue weighted by Crippen LogP contribution is -2.52. The molecule has 0 aromatic heterocycles. The van der Waals surface area contributed by atoms with Crippen molar-refractivity contribution in [1.82, 2.24) is 4.90 Å².